The first-order valence-electron chi connectivity index (χ1n) is 6.70. The summed E-state index contributed by atoms with van der Waals surface area (Å²) in [6, 6.07) is 12.4. The van der Waals surface area contributed by atoms with Crippen molar-refractivity contribution in [2.75, 3.05) is 5.32 Å². The Kier molecular flexibility index (Phi) is 3.55. The fourth-order valence-electron chi connectivity index (χ4n) is 2.47. The molecule has 1 aromatic heterocycles. The molecule has 1 N–H and O–H groups in total. The number of hydrogen-bond acceptors (Lipinski definition) is 2. The van der Waals surface area contributed by atoms with Crippen LogP contribution in [0.15, 0.2) is 42.5 Å². The van der Waals surface area contributed by atoms with E-state index in [9.17, 15) is 4.39 Å². The summed E-state index contributed by atoms with van der Waals surface area (Å²) in [5.74, 6) is 0.462. The van der Waals surface area contributed by atoms with Crippen molar-refractivity contribution in [3.8, 4) is 0 Å². The van der Waals surface area contributed by atoms with Crippen LogP contribution in [0.1, 0.15) is 18.8 Å². The number of para-hydroxylation sites is 3. The molecule has 108 valence electrons. The van der Waals surface area contributed by atoms with E-state index < -0.39 is 0 Å². The van der Waals surface area contributed by atoms with Crippen LogP contribution in [-0.4, -0.2) is 9.55 Å². The Morgan fingerprint density at radius 3 is 2.67 bits per heavy atom. The molecule has 3 aromatic rings. The number of nitrogens with zero attached hydrogens (tertiary/aromatic N) is 2. The normalized spacial score (nSPS) is 12.6. The van der Waals surface area contributed by atoms with Crippen molar-refractivity contribution in [2.24, 2.45) is 7.05 Å². The van der Waals surface area contributed by atoms with Gasteiger partial charge < -0.3 is 9.88 Å². The van der Waals surface area contributed by atoms with Gasteiger partial charge in [0.2, 0.25) is 0 Å². The molecule has 0 saturated carbocycles. The lowest BCUT2D eigenvalue weighted by atomic mass is 10.2. The highest BCUT2D eigenvalue weighted by Gasteiger charge is 2.16. The molecular weight excluding hydrogens is 289 g/mol. The minimum atomic E-state index is -0.367. The third kappa shape index (κ3) is 2.47. The highest BCUT2D eigenvalue weighted by atomic mass is 35.5. The van der Waals surface area contributed by atoms with Crippen LogP contribution in [0.3, 0.4) is 0 Å². The third-order valence-corrected chi connectivity index (χ3v) is 3.85. The quantitative estimate of drug-likeness (QED) is 0.770. The van der Waals surface area contributed by atoms with Gasteiger partial charge in [-0.25, -0.2) is 9.37 Å². The van der Waals surface area contributed by atoms with E-state index in [0.717, 1.165) is 16.9 Å². The Morgan fingerprint density at radius 1 is 1.19 bits per heavy atom. The van der Waals surface area contributed by atoms with Crippen LogP contribution in [-0.2, 0) is 7.05 Å². The average molecular weight is 304 g/mol. The number of aryl methyl sites for hydroxylation is 1. The van der Waals surface area contributed by atoms with E-state index in [1.54, 1.807) is 12.1 Å². The second-order valence-corrected chi connectivity index (χ2v) is 5.39. The second kappa shape index (κ2) is 5.37. The van der Waals surface area contributed by atoms with Gasteiger partial charge in [-0.2, -0.15) is 0 Å². The van der Waals surface area contributed by atoms with Crippen molar-refractivity contribution in [2.45, 2.75) is 13.0 Å². The Hall–Kier alpha value is -2.07. The lowest BCUT2D eigenvalue weighted by Gasteiger charge is -2.16. The fourth-order valence-corrected chi connectivity index (χ4v) is 2.69. The number of nitrogens with one attached hydrogen (secondary N) is 1. The topological polar surface area (TPSA) is 29.9 Å². The molecule has 0 bridgehead atoms. The number of fused-ring (bicyclic) bond motifs is 1. The first kappa shape index (κ1) is 13.9. The van der Waals surface area contributed by atoms with Crippen molar-refractivity contribution in [1.29, 1.82) is 0 Å². The number of aromatic nitrogens is 2. The molecule has 0 saturated heterocycles. The maximum atomic E-state index is 13.9. The van der Waals surface area contributed by atoms with Crippen molar-refractivity contribution in [1.82, 2.24) is 9.55 Å². The highest BCUT2D eigenvalue weighted by Crippen LogP contribution is 2.29. The molecule has 3 rings (SSSR count). The molecular formula is C16H15ClFN3. The molecule has 5 heteroatoms. The Morgan fingerprint density at radius 2 is 1.95 bits per heavy atom. The second-order valence-electron chi connectivity index (χ2n) is 4.98. The minimum absolute atomic E-state index is 0.170. The van der Waals surface area contributed by atoms with Crippen LogP contribution < -0.4 is 5.32 Å². The van der Waals surface area contributed by atoms with E-state index >= 15 is 0 Å². The molecule has 0 amide bonds. The van der Waals surface area contributed by atoms with Crippen LogP contribution >= 0.6 is 11.6 Å². The van der Waals surface area contributed by atoms with Crippen molar-refractivity contribution >= 4 is 28.3 Å². The van der Waals surface area contributed by atoms with Gasteiger partial charge in [-0.1, -0.05) is 29.8 Å². The predicted octanol–water partition coefficient (Wildman–Crippen LogP) is 4.54. The largest absolute Gasteiger partial charge is 0.372 e. The van der Waals surface area contributed by atoms with Gasteiger partial charge in [0.1, 0.15) is 11.6 Å². The minimum Gasteiger partial charge on any atom is -0.372 e. The number of halogens is 2. The summed E-state index contributed by atoms with van der Waals surface area (Å²) >= 11 is 6.05. The molecule has 0 radical (unpaired) electrons. The standard InChI is InChI=1S/C16H15ClFN3/c1-10(19-15-11(17)6-5-7-12(15)18)16-20-13-8-3-4-9-14(13)21(16)2/h3-10,19H,1-2H3. The molecule has 0 aliphatic carbocycles. The number of rotatable bonds is 3. The SMILES string of the molecule is CC(Nc1c(F)cccc1Cl)c1nc2ccccc2n1C. The molecule has 3 nitrogen and oxygen atoms in total. The zero-order valence-electron chi connectivity index (χ0n) is 11.8. The fraction of sp³-hybridized carbons (Fsp3) is 0.188. The van der Waals surface area contributed by atoms with Crippen LogP contribution in [0.25, 0.3) is 11.0 Å². The molecule has 1 heterocycles. The van der Waals surface area contributed by atoms with Crippen molar-refractivity contribution in [3.63, 3.8) is 0 Å². The highest BCUT2D eigenvalue weighted by molar-refractivity contribution is 6.33. The number of hydrogen-bond donors (Lipinski definition) is 1. The summed E-state index contributed by atoms with van der Waals surface area (Å²) in [4.78, 5) is 4.60. The van der Waals surface area contributed by atoms with Gasteiger partial charge in [0.15, 0.2) is 0 Å². The lowest BCUT2D eigenvalue weighted by Crippen LogP contribution is -2.13. The van der Waals surface area contributed by atoms with Gasteiger partial charge >= 0.3 is 0 Å². The van der Waals surface area contributed by atoms with E-state index in [1.807, 2.05) is 42.8 Å². The molecule has 0 spiro atoms. The smallest absolute Gasteiger partial charge is 0.147 e. The zero-order chi connectivity index (χ0) is 15.0. The van der Waals surface area contributed by atoms with Crippen LogP contribution in [0.4, 0.5) is 10.1 Å². The van der Waals surface area contributed by atoms with Crippen LogP contribution in [0.5, 0.6) is 0 Å². The molecule has 0 fully saturated rings. The molecule has 0 aliphatic rings. The number of benzene rings is 2. The van der Waals surface area contributed by atoms with Gasteiger partial charge in [-0.15, -0.1) is 0 Å². The maximum absolute atomic E-state index is 13.9. The lowest BCUT2D eigenvalue weighted by molar-refractivity contribution is 0.624. The molecule has 2 aromatic carbocycles. The molecule has 21 heavy (non-hydrogen) atoms. The number of anilines is 1. The first-order valence-corrected chi connectivity index (χ1v) is 7.07. The zero-order valence-corrected chi connectivity index (χ0v) is 12.5. The molecule has 0 aliphatic heterocycles. The van der Waals surface area contributed by atoms with Crippen LogP contribution in [0, 0.1) is 5.82 Å². The van der Waals surface area contributed by atoms with Crippen LogP contribution in [0.2, 0.25) is 5.02 Å². The van der Waals surface area contributed by atoms with Gasteiger partial charge in [-0.05, 0) is 31.2 Å². The number of imidazole rings is 1. The first-order chi connectivity index (χ1) is 10.1. The van der Waals surface area contributed by atoms with E-state index in [4.69, 9.17) is 11.6 Å². The van der Waals surface area contributed by atoms with Crippen molar-refractivity contribution < 1.29 is 4.39 Å². The van der Waals surface area contributed by atoms with E-state index in [-0.39, 0.29) is 11.9 Å². The van der Waals surface area contributed by atoms with Gasteiger partial charge in [0.05, 0.1) is 27.8 Å². The summed E-state index contributed by atoms with van der Waals surface area (Å²) in [6.45, 7) is 1.93. The van der Waals surface area contributed by atoms with Gasteiger partial charge in [0.25, 0.3) is 0 Å². The Balaban J connectivity index is 1.97. The van der Waals surface area contributed by atoms with Gasteiger partial charge in [-0.3, -0.25) is 0 Å². The summed E-state index contributed by atoms with van der Waals surface area (Å²) < 4.78 is 15.9. The Labute approximate surface area is 127 Å². The van der Waals surface area contributed by atoms with E-state index in [0.29, 0.717) is 10.7 Å². The monoisotopic (exact) mass is 303 g/mol. The van der Waals surface area contributed by atoms with Crippen molar-refractivity contribution in [3.05, 3.63) is 59.1 Å². The Bertz CT molecular complexity index is 777. The molecule has 1 unspecified atom stereocenters. The molecule has 1 atom stereocenters. The summed E-state index contributed by atoms with van der Waals surface area (Å²) in [7, 11) is 1.95. The van der Waals surface area contributed by atoms with E-state index in [1.165, 1.54) is 6.07 Å². The summed E-state index contributed by atoms with van der Waals surface area (Å²) in [5.41, 5.74) is 2.27. The average Bonchev–Trinajstić information content (AvgIpc) is 2.81. The van der Waals surface area contributed by atoms with E-state index in [2.05, 4.69) is 10.3 Å². The van der Waals surface area contributed by atoms with Gasteiger partial charge in [0, 0.05) is 7.05 Å². The predicted molar refractivity (Wildman–Crippen MR) is 84.2 cm³/mol. The summed E-state index contributed by atoms with van der Waals surface area (Å²) in [6.07, 6.45) is 0. The summed E-state index contributed by atoms with van der Waals surface area (Å²) in [5, 5.41) is 3.47. The maximum Gasteiger partial charge on any atom is 0.147 e. The third-order valence-electron chi connectivity index (χ3n) is 3.53.